The molecule has 0 radical (unpaired) electrons. The standard InChI is InChI=1S/C9H9O2.3BF4.K/c1-7-3-5-8(6-4-7)9(10)11-2;3*2-1(3,4)5;/h3-6H,1H2,2H3;;;;/q;3*-1;. The normalized spacial score (nSPS) is 10.9. The molecule has 0 aromatic heterocycles. The number of halogens is 12. The molecule has 0 aliphatic heterocycles. The summed E-state index contributed by atoms with van der Waals surface area (Å²) in [5, 5.41) is 0. The van der Waals surface area contributed by atoms with Crippen molar-refractivity contribution in [3.05, 3.63) is 35.4 Å². The van der Waals surface area contributed by atoms with Gasteiger partial charge in [-0.05, 0) is 0 Å². The fraction of sp³-hybridized carbons (Fsp3) is 0.222. The maximum Gasteiger partial charge on any atom is 0.673 e. The van der Waals surface area contributed by atoms with Crippen LogP contribution in [-0.2, 0) is 5.25 Å². The zero-order valence-corrected chi connectivity index (χ0v) is 16.7. The van der Waals surface area contributed by atoms with Crippen LogP contribution in [0.2, 0.25) is 0 Å². The van der Waals surface area contributed by atoms with E-state index < -0.39 is 21.8 Å². The Kier molecular flexibility index (Phi) is 17.0. The van der Waals surface area contributed by atoms with Gasteiger partial charge in [-0.25, -0.2) is 0 Å². The van der Waals surface area contributed by atoms with E-state index in [1.807, 2.05) is 24.3 Å². The third-order valence-corrected chi connectivity index (χ3v) is 3.06. The summed E-state index contributed by atoms with van der Waals surface area (Å²) in [4.78, 5) is 11.0. The Morgan fingerprint density at radius 3 is 1.22 bits per heavy atom. The summed E-state index contributed by atoms with van der Waals surface area (Å²) in [7, 11) is -16.6. The molecule has 0 atom stereocenters. The van der Waals surface area contributed by atoms with Gasteiger partial charge < -0.3 is 51.8 Å². The van der Waals surface area contributed by atoms with Crippen molar-refractivity contribution in [2.24, 2.45) is 0 Å². The van der Waals surface area contributed by atoms with Crippen LogP contribution in [0.15, 0.2) is 24.3 Å². The average molecular weight is 449 g/mol. The fourth-order valence-corrected chi connectivity index (χ4v) is 1.73. The summed E-state index contributed by atoms with van der Waals surface area (Å²) < 4.78 is 123. The molecule has 0 fully saturated rings. The molecule has 0 saturated heterocycles. The topological polar surface area (TPSA) is 26.3 Å². The van der Waals surface area contributed by atoms with E-state index in [1.54, 1.807) is 0 Å². The van der Waals surface area contributed by atoms with Gasteiger partial charge in [-0.2, -0.15) is 0 Å². The Balaban J connectivity index is -0.000000323. The zero-order chi connectivity index (χ0) is 22.5. The largest absolute Gasteiger partial charge is 0.673 e. The number of hydrogen-bond donors (Lipinski definition) is 0. The molecular formula is C9H9B3F12KO2-3. The quantitative estimate of drug-likeness (QED) is 0.360. The SMILES string of the molecule is COC(=O)c1ccc([CH2][K])cc1.F[B-](F)(F)F.F[B-](F)(F)F.F[B-](F)(F)F. The summed E-state index contributed by atoms with van der Waals surface area (Å²) in [6, 6.07) is 7.59. The molecule has 27 heavy (non-hydrogen) atoms. The van der Waals surface area contributed by atoms with Crippen LogP contribution >= 0.6 is 0 Å². The van der Waals surface area contributed by atoms with E-state index in [0.717, 1.165) is 49.0 Å². The molecule has 1 rings (SSSR count). The minimum atomic E-state index is -6.00. The van der Waals surface area contributed by atoms with E-state index in [-0.39, 0.29) is 5.97 Å². The van der Waals surface area contributed by atoms with Crippen molar-refractivity contribution in [3.8, 4) is 0 Å². The van der Waals surface area contributed by atoms with Crippen LogP contribution in [0, 0.1) is 0 Å². The molecule has 1 aromatic carbocycles. The van der Waals surface area contributed by atoms with Gasteiger partial charge in [0, 0.05) is 0 Å². The molecule has 1 aromatic rings. The first-order valence-electron chi connectivity index (χ1n) is 6.57. The molecule has 154 valence electrons. The van der Waals surface area contributed by atoms with E-state index in [2.05, 4.69) is 4.74 Å². The molecule has 0 N–H and O–H groups in total. The van der Waals surface area contributed by atoms with Gasteiger partial charge in [0.25, 0.3) is 0 Å². The van der Waals surface area contributed by atoms with E-state index in [9.17, 15) is 56.6 Å². The van der Waals surface area contributed by atoms with Gasteiger partial charge in [-0.15, -0.1) is 0 Å². The molecule has 2 nitrogen and oxygen atoms in total. The number of carbonyl (C=O) groups excluding carboxylic acids is 1. The Morgan fingerprint density at radius 1 is 0.778 bits per heavy atom. The summed E-state index contributed by atoms with van der Waals surface area (Å²) >= 11 is 0.833. The molecule has 0 saturated carbocycles. The molecular weight excluding hydrogens is 440 g/mol. The van der Waals surface area contributed by atoms with Crippen LogP contribution in [-0.4, -0.2) is 83.8 Å². The smallest absolute Gasteiger partial charge is 0.418 e. The van der Waals surface area contributed by atoms with Gasteiger partial charge in [0.1, 0.15) is 0 Å². The molecule has 0 aliphatic rings. The Bertz CT molecular complexity index is 470. The van der Waals surface area contributed by atoms with E-state index in [0.29, 0.717) is 5.56 Å². The number of esters is 1. The third kappa shape index (κ3) is 46.1. The van der Waals surface area contributed by atoms with E-state index in [1.165, 1.54) is 13.2 Å². The minimum absolute atomic E-state index is 0.265. The number of methoxy groups -OCH3 is 1. The van der Waals surface area contributed by atoms with Crippen LogP contribution in [0.4, 0.5) is 51.8 Å². The first-order chi connectivity index (χ1) is 11.8. The number of ether oxygens (including phenoxy) is 1. The van der Waals surface area contributed by atoms with E-state index in [4.69, 9.17) is 0 Å². The maximum absolute atomic E-state index is 11.0. The Morgan fingerprint density at radius 2 is 1.04 bits per heavy atom. The number of hydrogen-bond acceptors (Lipinski definition) is 2. The molecule has 0 amide bonds. The molecule has 18 heteroatoms. The molecule has 0 unspecified atom stereocenters. The van der Waals surface area contributed by atoms with Crippen LogP contribution in [0.25, 0.3) is 0 Å². The predicted octanol–water partition coefficient (Wildman–Crippen LogP) is 5.04. The van der Waals surface area contributed by atoms with Crippen molar-refractivity contribution < 1.29 is 61.3 Å². The second-order valence-electron chi connectivity index (χ2n) is 4.03. The van der Waals surface area contributed by atoms with Crippen molar-refractivity contribution >= 4 is 76.7 Å². The monoisotopic (exact) mass is 449 g/mol. The molecule has 0 bridgehead atoms. The first kappa shape index (κ1) is 31.4. The van der Waals surface area contributed by atoms with Gasteiger partial charge in [-0.3, -0.25) is 0 Å². The van der Waals surface area contributed by atoms with Crippen LogP contribution in [0.1, 0.15) is 15.9 Å². The van der Waals surface area contributed by atoms with Gasteiger partial charge >= 0.3 is 129 Å². The first-order valence-corrected chi connectivity index (χ1v) is 8.78. The number of benzene rings is 1. The summed E-state index contributed by atoms with van der Waals surface area (Å²) in [5.74, 6) is -0.265. The van der Waals surface area contributed by atoms with Crippen LogP contribution < -0.4 is 0 Å². The van der Waals surface area contributed by atoms with Crippen molar-refractivity contribution in [2.45, 2.75) is 0.515 Å². The fourth-order valence-electron chi connectivity index (χ4n) is 0.994. The Hall–Kier alpha value is -0.319. The van der Waals surface area contributed by atoms with Gasteiger partial charge in [0.2, 0.25) is 0 Å². The molecule has 0 spiro atoms. The number of rotatable bonds is 2. The van der Waals surface area contributed by atoms with Crippen molar-refractivity contribution in [1.29, 1.82) is 0 Å². The number of carbonyl (C=O) groups is 1. The van der Waals surface area contributed by atoms with Crippen molar-refractivity contribution in [3.63, 3.8) is 0 Å². The minimum Gasteiger partial charge on any atom is -0.418 e. The average Bonchev–Trinajstić information content (AvgIpc) is 2.41. The van der Waals surface area contributed by atoms with Crippen molar-refractivity contribution in [2.75, 3.05) is 7.11 Å². The van der Waals surface area contributed by atoms with Crippen molar-refractivity contribution in [1.82, 2.24) is 0 Å². The molecule has 0 aliphatic carbocycles. The van der Waals surface area contributed by atoms with Gasteiger partial charge in [0.15, 0.2) is 0 Å². The summed E-state index contributed by atoms with van der Waals surface area (Å²) in [6.45, 7) is 0. The molecule has 0 heterocycles. The summed E-state index contributed by atoms with van der Waals surface area (Å²) in [6.07, 6.45) is 0. The van der Waals surface area contributed by atoms with Crippen LogP contribution in [0.3, 0.4) is 0 Å². The second-order valence-corrected chi connectivity index (χ2v) is 5.13. The van der Waals surface area contributed by atoms with Gasteiger partial charge in [0.05, 0.1) is 0 Å². The zero-order valence-electron chi connectivity index (χ0n) is 13.6. The second kappa shape index (κ2) is 14.6. The predicted molar refractivity (Wildman–Crippen MR) is 77.8 cm³/mol. The summed E-state index contributed by atoms with van der Waals surface area (Å²) in [5.41, 5.74) is 1.94. The maximum atomic E-state index is 11.0. The van der Waals surface area contributed by atoms with Crippen LogP contribution in [0.5, 0.6) is 0 Å². The van der Waals surface area contributed by atoms with Gasteiger partial charge in [-0.1, -0.05) is 0 Å². The third-order valence-electron chi connectivity index (χ3n) is 1.78. The van der Waals surface area contributed by atoms with E-state index >= 15 is 0 Å². The Labute approximate surface area is 179 Å².